The van der Waals surface area contributed by atoms with Crippen molar-refractivity contribution in [2.45, 2.75) is 39.2 Å². The van der Waals surface area contributed by atoms with Crippen LogP contribution < -0.4 is 0 Å². The van der Waals surface area contributed by atoms with Crippen LogP contribution in [0.5, 0.6) is 0 Å². The van der Waals surface area contributed by atoms with E-state index < -0.39 is 5.60 Å². The molecule has 2 aliphatic heterocycles. The van der Waals surface area contributed by atoms with E-state index in [9.17, 15) is 9.59 Å². The zero-order valence-corrected chi connectivity index (χ0v) is 12.1. The fourth-order valence-corrected chi connectivity index (χ4v) is 2.51. The first kappa shape index (κ1) is 14.3. The molecule has 0 spiro atoms. The minimum Gasteiger partial charge on any atom is -0.444 e. The molecule has 5 nitrogen and oxygen atoms in total. The van der Waals surface area contributed by atoms with Gasteiger partial charge in [-0.15, -0.1) is 0 Å². The first-order valence-electron chi connectivity index (χ1n) is 7.05. The van der Waals surface area contributed by atoms with Crippen LogP contribution in [-0.2, 0) is 9.53 Å². The van der Waals surface area contributed by atoms with Crippen LogP contribution in [0, 0.1) is 5.92 Å². The molecule has 2 fully saturated rings. The Hall–Kier alpha value is -1.10. The Morgan fingerprint density at radius 1 is 1.26 bits per heavy atom. The minimum absolute atomic E-state index is 0.211. The molecule has 19 heavy (non-hydrogen) atoms. The first-order valence-corrected chi connectivity index (χ1v) is 7.05. The normalized spacial score (nSPS) is 22.3. The van der Waals surface area contributed by atoms with Crippen LogP contribution in [0.2, 0.25) is 0 Å². The monoisotopic (exact) mass is 268 g/mol. The highest BCUT2D eigenvalue weighted by atomic mass is 16.6. The average molecular weight is 268 g/mol. The molecule has 0 atom stereocenters. The number of ketones is 1. The Morgan fingerprint density at radius 2 is 1.84 bits per heavy atom. The molecule has 2 aliphatic rings. The Morgan fingerprint density at radius 3 is 2.37 bits per heavy atom. The van der Waals surface area contributed by atoms with E-state index in [0.717, 1.165) is 32.7 Å². The van der Waals surface area contributed by atoms with Gasteiger partial charge in [0.2, 0.25) is 0 Å². The zero-order valence-electron chi connectivity index (χ0n) is 12.1. The average Bonchev–Trinajstić information content (AvgIpc) is 2.22. The van der Waals surface area contributed by atoms with Gasteiger partial charge in [-0.3, -0.25) is 4.79 Å². The van der Waals surface area contributed by atoms with E-state index in [1.165, 1.54) is 0 Å². The number of ether oxygens (including phenoxy) is 1. The summed E-state index contributed by atoms with van der Waals surface area (Å²) in [6, 6.07) is 0. The third-order valence-electron chi connectivity index (χ3n) is 3.54. The smallest absolute Gasteiger partial charge is 0.410 e. The third-order valence-corrected chi connectivity index (χ3v) is 3.54. The van der Waals surface area contributed by atoms with Crippen LogP contribution >= 0.6 is 0 Å². The highest BCUT2D eigenvalue weighted by Gasteiger charge is 2.34. The lowest BCUT2D eigenvalue weighted by Gasteiger charge is -2.42. The van der Waals surface area contributed by atoms with Crippen molar-refractivity contribution in [1.82, 2.24) is 9.80 Å². The van der Waals surface area contributed by atoms with Gasteiger partial charge in [-0.05, 0) is 20.8 Å². The van der Waals surface area contributed by atoms with E-state index >= 15 is 0 Å². The van der Waals surface area contributed by atoms with Crippen LogP contribution in [0.25, 0.3) is 0 Å². The van der Waals surface area contributed by atoms with E-state index in [1.54, 1.807) is 4.90 Å². The molecule has 0 unspecified atom stereocenters. The molecule has 0 radical (unpaired) electrons. The van der Waals surface area contributed by atoms with Gasteiger partial charge in [-0.2, -0.15) is 0 Å². The van der Waals surface area contributed by atoms with Gasteiger partial charge in [0.25, 0.3) is 0 Å². The molecule has 0 saturated carbocycles. The number of nitrogens with zero attached hydrogens (tertiary/aromatic N) is 2. The standard InChI is InChI=1S/C14H24N2O3/c1-14(2,3)19-13(18)16-9-11(10-16)8-15-6-4-12(17)5-7-15/h11H,4-10H2,1-3H3. The summed E-state index contributed by atoms with van der Waals surface area (Å²) in [5, 5.41) is 0. The first-order chi connectivity index (χ1) is 8.83. The number of amides is 1. The molecular weight excluding hydrogens is 244 g/mol. The van der Waals surface area contributed by atoms with Crippen LogP contribution in [0.3, 0.4) is 0 Å². The minimum atomic E-state index is -0.421. The summed E-state index contributed by atoms with van der Waals surface area (Å²) in [7, 11) is 0. The summed E-state index contributed by atoms with van der Waals surface area (Å²) in [4.78, 5) is 27.0. The van der Waals surface area contributed by atoms with Crippen molar-refractivity contribution in [1.29, 1.82) is 0 Å². The number of piperidine rings is 1. The van der Waals surface area contributed by atoms with Crippen molar-refractivity contribution >= 4 is 11.9 Å². The molecule has 108 valence electrons. The Kier molecular flexibility index (Phi) is 4.13. The van der Waals surface area contributed by atoms with Gasteiger partial charge >= 0.3 is 6.09 Å². The Bertz CT molecular complexity index is 346. The highest BCUT2D eigenvalue weighted by molar-refractivity contribution is 5.79. The molecule has 0 aromatic rings. The van der Waals surface area contributed by atoms with Crippen molar-refractivity contribution in [3.05, 3.63) is 0 Å². The van der Waals surface area contributed by atoms with Crippen LogP contribution in [0.4, 0.5) is 4.79 Å². The summed E-state index contributed by atoms with van der Waals surface area (Å²) >= 11 is 0. The largest absolute Gasteiger partial charge is 0.444 e. The second kappa shape index (κ2) is 5.49. The van der Waals surface area contributed by atoms with Gasteiger partial charge in [-0.1, -0.05) is 0 Å². The molecule has 5 heteroatoms. The van der Waals surface area contributed by atoms with Crippen LogP contribution in [0.1, 0.15) is 33.6 Å². The summed E-state index contributed by atoms with van der Waals surface area (Å²) < 4.78 is 5.32. The molecular formula is C14H24N2O3. The Labute approximate surface area is 114 Å². The van der Waals surface area contributed by atoms with E-state index in [0.29, 0.717) is 24.5 Å². The van der Waals surface area contributed by atoms with Crippen molar-refractivity contribution in [3.63, 3.8) is 0 Å². The second-order valence-electron chi connectivity index (χ2n) is 6.59. The van der Waals surface area contributed by atoms with Gasteiger partial charge in [-0.25, -0.2) is 4.79 Å². The maximum Gasteiger partial charge on any atom is 0.410 e. The lowest BCUT2D eigenvalue weighted by Crippen LogP contribution is -2.55. The Balaban J connectivity index is 1.66. The quantitative estimate of drug-likeness (QED) is 0.762. The SMILES string of the molecule is CC(C)(C)OC(=O)N1CC(CN2CCC(=O)CC2)C1. The van der Waals surface area contributed by atoms with Gasteiger partial charge < -0.3 is 14.5 Å². The molecule has 0 bridgehead atoms. The fraction of sp³-hybridized carbons (Fsp3) is 0.857. The van der Waals surface area contributed by atoms with E-state index in [4.69, 9.17) is 4.74 Å². The van der Waals surface area contributed by atoms with Crippen molar-refractivity contribution in [2.24, 2.45) is 5.92 Å². The summed E-state index contributed by atoms with van der Waals surface area (Å²) in [6.45, 7) is 9.95. The van der Waals surface area contributed by atoms with Crippen LogP contribution in [0.15, 0.2) is 0 Å². The van der Waals surface area contributed by atoms with Crippen molar-refractivity contribution in [3.8, 4) is 0 Å². The number of hydrogen-bond acceptors (Lipinski definition) is 4. The lowest BCUT2D eigenvalue weighted by atomic mass is 9.98. The summed E-state index contributed by atoms with van der Waals surface area (Å²) in [5.74, 6) is 0.904. The number of carbonyl (C=O) groups is 2. The topological polar surface area (TPSA) is 49.9 Å². The number of likely N-dealkylation sites (tertiary alicyclic amines) is 2. The van der Waals surface area contributed by atoms with Crippen LogP contribution in [-0.4, -0.2) is 60.0 Å². The van der Waals surface area contributed by atoms with Crippen molar-refractivity contribution < 1.29 is 14.3 Å². The maximum atomic E-state index is 11.8. The van der Waals surface area contributed by atoms with E-state index in [-0.39, 0.29) is 6.09 Å². The number of Topliss-reactive ketones (excluding diaryl/α,β-unsaturated/α-hetero) is 1. The molecule has 2 heterocycles. The maximum absolute atomic E-state index is 11.8. The molecule has 0 N–H and O–H groups in total. The third kappa shape index (κ3) is 4.20. The molecule has 0 aromatic carbocycles. The number of rotatable bonds is 2. The predicted octanol–water partition coefficient (Wildman–Crippen LogP) is 1.52. The number of carbonyl (C=O) groups excluding carboxylic acids is 2. The number of hydrogen-bond donors (Lipinski definition) is 0. The zero-order chi connectivity index (χ0) is 14.0. The van der Waals surface area contributed by atoms with Gasteiger partial charge in [0.05, 0.1) is 0 Å². The van der Waals surface area contributed by atoms with Gasteiger partial charge in [0.15, 0.2) is 0 Å². The second-order valence-corrected chi connectivity index (χ2v) is 6.59. The van der Waals surface area contributed by atoms with E-state index in [1.807, 2.05) is 20.8 Å². The summed E-state index contributed by atoms with van der Waals surface area (Å²) in [6.07, 6.45) is 1.16. The predicted molar refractivity (Wildman–Crippen MR) is 72.0 cm³/mol. The molecule has 2 saturated heterocycles. The fourth-order valence-electron chi connectivity index (χ4n) is 2.51. The molecule has 0 aromatic heterocycles. The molecule has 2 rings (SSSR count). The van der Waals surface area contributed by atoms with Gasteiger partial charge in [0, 0.05) is 51.5 Å². The highest BCUT2D eigenvalue weighted by Crippen LogP contribution is 2.21. The van der Waals surface area contributed by atoms with E-state index in [2.05, 4.69) is 4.90 Å². The molecule has 1 amide bonds. The summed E-state index contributed by atoms with van der Waals surface area (Å²) in [5.41, 5.74) is -0.421. The molecule has 0 aliphatic carbocycles. The van der Waals surface area contributed by atoms with Gasteiger partial charge in [0.1, 0.15) is 11.4 Å². The van der Waals surface area contributed by atoms with Crippen molar-refractivity contribution in [2.75, 3.05) is 32.7 Å². The lowest BCUT2D eigenvalue weighted by molar-refractivity contribution is -0.121.